The second-order valence-electron chi connectivity index (χ2n) is 17.4. The number of hydrogen-bond donors (Lipinski definition) is 0. The van der Waals surface area contributed by atoms with Crippen molar-refractivity contribution in [3.8, 4) is 51.0 Å². The van der Waals surface area contributed by atoms with Gasteiger partial charge in [0.1, 0.15) is 0 Å². The second-order valence-corrected chi connectivity index (χ2v) is 17.4. The van der Waals surface area contributed by atoms with Crippen LogP contribution in [0.4, 0.5) is 0 Å². The normalized spacial score (nSPS) is 11.9. The van der Waals surface area contributed by atoms with Crippen molar-refractivity contribution in [2.75, 3.05) is 0 Å². The Morgan fingerprint density at radius 2 is 0.627 bits per heavy atom. The third-order valence-electron chi connectivity index (χ3n) is 13.6. The molecule has 4 aromatic heterocycles. The van der Waals surface area contributed by atoms with Crippen LogP contribution in [0.25, 0.3) is 127 Å². The van der Waals surface area contributed by atoms with Crippen molar-refractivity contribution in [3.05, 3.63) is 237 Å². The molecular weight excluding hydrogens is 815 g/mol. The fraction of sp³-hybridized carbons (Fsp3) is 0. The van der Waals surface area contributed by atoms with Crippen LogP contribution in [0.5, 0.6) is 0 Å². The summed E-state index contributed by atoms with van der Waals surface area (Å²) in [6.45, 7) is 0. The van der Waals surface area contributed by atoms with E-state index in [4.69, 9.17) is 9.97 Å². The number of nitrogens with zero attached hydrogens (tertiary/aromatic N) is 5. The van der Waals surface area contributed by atoms with Crippen LogP contribution >= 0.6 is 0 Å². The Morgan fingerprint density at radius 1 is 0.254 bits per heavy atom. The topological polar surface area (TPSA) is 40.6 Å². The van der Waals surface area contributed by atoms with Crippen LogP contribution in [0.2, 0.25) is 0 Å². The van der Waals surface area contributed by atoms with E-state index < -0.39 is 0 Å². The summed E-state index contributed by atoms with van der Waals surface area (Å²) in [5.74, 6) is 0.671. The Hall–Kier alpha value is -9.06. The molecule has 312 valence electrons. The maximum Gasteiger partial charge on any atom is 0.160 e. The minimum absolute atomic E-state index is 0.671. The molecule has 0 aliphatic rings. The summed E-state index contributed by atoms with van der Waals surface area (Å²) >= 11 is 0. The third-order valence-corrected chi connectivity index (χ3v) is 13.6. The van der Waals surface area contributed by atoms with Crippen molar-refractivity contribution in [1.82, 2.24) is 23.7 Å². The first kappa shape index (κ1) is 37.3. The number of rotatable bonds is 6. The summed E-state index contributed by atoms with van der Waals surface area (Å²) in [4.78, 5) is 10.8. The summed E-state index contributed by atoms with van der Waals surface area (Å²) < 4.78 is 7.46. The molecular formula is C62H39N5. The number of para-hydroxylation sites is 6. The van der Waals surface area contributed by atoms with E-state index in [1.54, 1.807) is 0 Å². The van der Waals surface area contributed by atoms with Gasteiger partial charge in [-0.25, -0.2) is 9.97 Å². The minimum atomic E-state index is 0.671. The van der Waals surface area contributed by atoms with Crippen LogP contribution in [0.3, 0.4) is 0 Å². The van der Waals surface area contributed by atoms with E-state index in [0.717, 1.165) is 78.2 Å². The first-order valence-corrected chi connectivity index (χ1v) is 22.8. The molecule has 0 radical (unpaired) electrons. The van der Waals surface area contributed by atoms with Crippen LogP contribution < -0.4 is 0 Å². The van der Waals surface area contributed by atoms with E-state index in [1.165, 1.54) is 43.1 Å². The SMILES string of the molecule is c1ccc(-c2nc(-c3cc(-n4c5ccccc5c5ccccc54)c(-n4c5ccccc5c5ccccc54)c(-n4c5ccccc5c5ccccc54)c3)cc(-c3ccc4ccccc4c3)n2)cc1. The number of aromatic nitrogens is 5. The predicted molar refractivity (Wildman–Crippen MR) is 279 cm³/mol. The lowest BCUT2D eigenvalue weighted by Crippen LogP contribution is -2.10. The van der Waals surface area contributed by atoms with Gasteiger partial charge in [0, 0.05) is 49.0 Å². The van der Waals surface area contributed by atoms with Crippen LogP contribution in [0, 0.1) is 0 Å². The molecule has 0 bridgehead atoms. The summed E-state index contributed by atoms with van der Waals surface area (Å²) in [5, 5.41) is 9.54. The molecule has 0 unspecified atom stereocenters. The molecule has 0 aliphatic heterocycles. The molecule has 0 aliphatic carbocycles. The highest BCUT2D eigenvalue weighted by Crippen LogP contribution is 2.45. The van der Waals surface area contributed by atoms with Gasteiger partial charge in [-0.05, 0) is 71.4 Å². The van der Waals surface area contributed by atoms with Gasteiger partial charge < -0.3 is 13.7 Å². The Kier molecular flexibility index (Phi) is 8.21. The van der Waals surface area contributed by atoms with E-state index in [2.05, 4.69) is 244 Å². The highest BCUT2D eigenvalue weighted by Gasteiger charge is 2.26. The van der Waals surface area contributed by atoms with Crippen molar-refractivity contribution >= 4 is 76.2 Å². The van der Waals surface area contributed by atoms with E-state index in [-0.39, 0.29) is 0 Å². The summed E-state index contributed by atoms with van der Waals surface area (Å²) in [6.07, 6.45) is 0. The van der Waals surface area contributed by atoms with Gasteiger partial charge in [-0.2, -0.15) is 0 Å². The summed E-state index contributed by atoms with van der Waals surface area (Å²) in [6, 6.07) is 85.3. The number of hydrogen-bond acceptors (Lipinski definition) is 2. The van der Waals surface area contributed by atoms with Gasteiger partial charge in [-0.15, -0.1) is 0 Å². The van der Waals surface area contributed by atoms with Gasteiger partial charge in [0.15, 0.2) is 5.82 Å². The predicted octanol–water partition coefficient (Wildman–Crippen LogP) is 15.9. The van der Waals surface area contributed by atoms with E-state index in [9.17, 15) is 0 Å². The average Bonchev–Trinajstić information content (AvgIpc) is 4.04. The smallest absolute Gasteiger partial charge is 0.160 e. The maximum atomic E-state index is 5.51. The Labute approximate surface area is 385 Å². The van der Waals surface area contributed by atoms with Gasteiger partial charge in [-0.1, -0.05) is 176 Å². The van der Waals surface area contributed by atoms with Gasteiger partial charge in [0.25, 0.3) is 0 Å². The van der Waals surface area contributed by atoms with E-state index in [0.29, 0.717) is 5.82 Å². The van der Waals surface area contributed by atoms with E-state index >= 15 is 0 Å². The zero-order valence-electron chi connectivity index (χ0n) is 36.3. The lowest BCUT2D eigenvalue weighted by Gasteiger charge is -2.23. The molecule has 0 saturated carbocycles. The molecule has 0 amide bonds. The molecule has 0 saturated heterocycles. The largest absolute Gasteiger partial charge is 0.307 e. The minimum Gasteiger partial charge on any atom is -0.307 e. The molecule has 14 aromatic rings. The highest BCUT2D eigenvalue weighted by atomic mass is 15.1. The van der Waals surface area contributed by atoms with E-state index in [1.807, 2.05) is 6.07 Å². The highest BCUT2D eigenvalue weighted by molar-refractivity contribution is 6.14. The van der Waals surface area contributed by atoms with Crippen molar-refractivity contribution in [2.45, 2.75) is 0 Å². The van der Waals surface area contributed by atoms with Crippen LogP contribution in [0.1, 0.15) is 0 Å². The molecule has 0 fully saturated rings. The summed E-state index contributed by atoms with van der Waals surface area (Å²) in [7, 11) is 0. The number of fused-ring (bicyclic) bond motifs is 10. The lowest BCUT2D eigenvalue weighted by atomic mass is 10.0. The average molecular weight is 854 g/mol. The van der Waals surface area contributed by atoms with Crippen LogP contribution in [0.15, 0.2) is 237 Å². The molecule has 10 aromatic carbocycles. The van der Waals surface area contributed by atoms with Crippen LogP contribution in [-0.2, 0) is 0 Å². The molecule has 5 nitrogen and oxygen atoms in total. The quantitative estimate of drug-likeness (QED) is 0.167. The molecule has 14 rings (SSSR count). The Morgan fingerprint density at radius 3 is 1.09 bits per heavy atom. The van der Waals surface area contributed by atoms with Crippen molar-refractivity contribution in [1.29, 1.82) is 0 Å². The second kappa shape index (κ2) is 14.7. The third kappa shape index (κ3) is 5.75. The van der Waals surface area contributed by atoms with Crippen molar-refractivity contribution in [2.24, 2.45) is 0 Å². The molecule has 0 atom stereocenters. The molecule has 4 heterocycles. The zero-order valence-corrected chi connectivity index (χ0v) is 36.3. The fourth-order valence-corrected chi connectivity index (χ4v) is 10.7. The standard InChI is InChI=1S/C62H39N5/c1-2-19-41(20-3-1)62-63-51(43-35-34-40-18-4-5-21-42(40)36-43)39-52(64-62)44-37-59(65-53-28-12-6-22-45(53)46-23-7-13-29-54(46)65)61(67-57-32-16-10-26-49(57)50-27-11-17-33-58(50)67)60(38-44)66-55-30-14-8-24-47(55)48-25-9-15-31-56(48)66/h1-39H. The lowest BCUT2D eigenvalue weighted by molar-refractivity contribution is 1.05. The van der Waals surface area contributed by atoms with Crippen molar-refractivity contribution in [3.63, 3.8) is 0 Å². The zero-order chi connectivity index (χ0) is 44.0. The number of benzene rings is 10. The van der Waals surface area contributed by atoms with Crippen LogP contribution in [-0.4, -0.2) is 23.7 Å². The first-order chi connectivity index (χ1) is 33.2. The van der Waals surface area contributed by atoms with Crippen molar-refractivity contribution < 1.29 is 0 Å². The monoisotopic (exact) mass is 853 g/mol. The Bertz CT molecular complexity index is 3990. The fourth-order valence-electron chi connectivity index (χ4n) is 10.7. The Balaban J connectivity index is 1.19. The van der Waals surface area contributed by atoms with Gasteiger partial charge in [0.2, 0.25) is 0 Å². The molecule has 0 spiro atoms. The van der Waals surface area contributed by atoms with Gasteiger partial charge >= 0.3 is 0 Å². The van der Waals surface area contributed by atoms with Gasteiger partial charge in [-0.3, -0.25) is 0 Å². The van der Waals surface area contributed by atoms with Gasteiger partial charge in [0.05, 0.1) is 61.6 Å². The summed E-state index contributed by atoms with van der Waals surface area (Å²) in [5.41, 5.74) is 14.5. The molecule has 0 N–H and O–H groups in total. The first-order valence-electron chi connectivity index (χ1n) is 22.8. The molecule has 5 heteroatoms. The molecule has 67 heavy (non-hydrogen) atoms. The maximum absolute atomic E-state index is 5.51.